The Morgan fingerprint density at radius 2 is 2.04 bits per heavy atom. The fourth-order valence-corrected chi connectivity index (χ4v) is 2.43. The van der Waals surface area contributed by atoms with Gasteiger partial charge < -0.3 is 10.8 Å². The largest absolute Gasteiger partial charge is 0.505 e. The van der Waals surface area contributed by atoms with E-state index in [4.69, 9.17) is 11.0 Å². The maximum Gasteiger partial charge on any atom is 0.171 e. The molecule has 0 spiro atoms. The van der Waals surface area contributed by atoms with Crippen LogP contribution < -0.4 is 5.73 Å². The molecule has 0 amide bonds. The Bertz CT molecular complexity index is 766. The fourth-order valence-electron chi connectivity index (χ4n) is 1.93. The summed E-state index contributed by atoms with van der Waals surface area (Å²) in [5.41, 5.74) is 7.45. The van der Waals surface area contributed by atoms with E-state index < -0.39 is 0 Å². The van der Waals surface area contributed by atoms with Crippen LogP contribution in [0.3, 0.4) is 0 Å². The van der Waals surface area contributed by atoms with Gasteiger partial charge in [-0.15, -0.1) is 9.45 Å². The van der Waals surface area contributed by atoms with E-state index in [1.165, 1.54) is 7.05 Å². The molecule has 0 aliphatic heterocycles. The number of anilines is 1. The molecule has 0 fully saturated rings. The van der Waals surface area contributed by atoms with Crippen LogP contribution in [0.15, 0.2) is 43.6 Å². The Morgan fingerprint density at radius 3 is 2.74 bits per heavy atom. The number of fused-ring (bicyclic) bond motifs is 1. The van der Waals surface area contributed by atoms with E-state index in [9.17, 15) is 5.11 Å². The predicted octanol–water partition coefficient (Wildman–Crippen LogP) is 3.99. The quantitative estimate of drug-likeness (QED) is 0.240. The highest BCUT2D eigenvalue weighted by Gasteiger charge is 2.15. The van der Waals surface area contributed by atoms with Gasteiger partial charge in [0.2, 0.25) is 0 Å². The Labute approximate surface area is 135 Å². The van der Waals surface area contributed by atoms with E-state index in [2.05, 4.69) is 29.8 Å². The van der Waals surface area contributed by atoms with E-state index in [-0.39, 0.29) is 18.1 Å². The smallest absolute Gasteiger partial charge is 0.171 e. The number of hydrogen-bond donors (Lipinski definition) is 3. The van der Waals surface area contributed by atoms with Gasteiger partial charge in [0.15, 0.2) is 12.4 Å². The molecule has 0 atom stereocenters. The van der Waals surface area contributed by atoms with Crippen molar-refractivity contribution in [1.82, 2.24) is 0 Å². The van der Waals surface area contributed by atoms with Crippen LogP contribution in [0, 0.1) is 6.92 Å². The number of nitrogens with zero attached hydrogens (tertiary/aromatic N) is 4. The summed E-state index contributed by atoms with van der Waals surface area (Å²) in [5.74, 6) is -0.115. The minimum absolute atomic E-state index is 0.0193. The molecule has 0 saturated heterocycles. The zero-order valence-electron chi connectivity index (χ0n) is 12.4. The average Bonchev–Trinajstić information content (AvgIpc) is 2.53. The molecular formula is C13H15N5O4S. The van der Waals surface area contributed by atoms with Crippen LogP contribution in [0.5, 0.6) is 5.75 Å². The molecule has 0 heterocycles. The number of aryl methyl sites for hydroxylation is 1. The van der Waals surface area contributed by atoms with Crippen LogP contribution in [0.2, 0.25) is 0 Å². The Kier molecular flexibility index (Phi) is 5.82. The minimum atomic E-state index is -0.115. The minimum Gasteiger partial charge on any atom is -0.505 e. The second-order valence-corrected chi connectivity index (χ2v) is 5.19. The Morgan fingerprint density at radius 1 is 1.26 bits per heavy atom. The first-order valence-corrected chi connectivity index (χ1v) is 7.16. The standard InChI is InChI=1S/C13H15N5O4S/c1-7-3-8-4-11(23-22-21-20)12(18-17-6-16-15-2)13(19)9(8)5-10(7)14/h3-5,19-20H,6,14H2,1-2H3. The first-order chi connectivity index (χ1) is 11.1. The molecule has 0 unspecified atom stereocenters. The fraction of sp³-hybridized carbons (Fsp3) is 0.231. The molecular weight excluding hydrogens is 322 g/mol. The molecule has 0 aliphatic carbocycles. The third-order valence-electron chi connectivity index (χ3n) is 3.03. The number of azo groups is 2. The summed E-state index contributed by atoms with van der Waals surface area (Å²) in [6.45, 7) is 1.88. The molecule has 2 aromatic rings. The number of aromatic hydroxyl groups is 1. The van der Waals surface area contributed by atoms with Crippen molar-refractivity contribution in [3.05, 3.63) is 23.8 Å². The maximum atomic E-state index is 10.5. The summed E-state index contributed by atoms with van der Waals surface area (Å²) in [5, 5.41) is 38.6. The van der Waals surface area contributed by atoms with Crippen molar-refractivity contribution in [2.45, 2.75) is 11.8 Å². The molecule has 0 aliphatic rings. The van der Waals surface area contributed by atoms with Crippen LogP contribution in [0.4, 0.5) is 11.4 Å². The van der Waals surface area contributed by atoms with Crippen LogP contribution in [-0.2, 0) is 9.37 Å². The van der Waals surface area contributed by atoms with Gasteiger partial charge >= 0.3 is 0 Å². The van der Waals surface area contributed by atoms with Crippen LogP contribution >= 0.6 is 12.0 Å². The third kappa shape index (κ3) is 3.93. The SMILES string of the molecule is CN=NCN=Nc1c(SOOO)cc2cc(C)c(N)cc2c1O. The zero-order chi connectivity index (χ0) is 16.8. The number of phenolic OH excluding ortho intramolecular Hbond substituents is 1. The lowest BCUT2D eigenvalue weighted by molar-refractivity contribution is -0.432. The summed E-state index contributed by atoms with van der Waals surface area (Å²) in [6, 6.07) is 5.18. The van der Waals surface area contributed by atoms with Crippen molar-refractivity contribution in [1.29, 1.82) is 0 Å². The summed E-state index contributed by atoms with van der Waals surface area (Å²) in [4.78, 5) is 0.394. The van der Waals surface area contributed by atoms with Crippen LogP contribution in [0.25, 0.3) is 10.8 Å². The summed E-state index contributed by atoms with van der Waals surface area (Å²) in [6.07, 6.45) is 0. The first-order valence-electron chi connectivity index (χ1n) is 6.42. The van der Waals surface area contributed by atoms with Crippen LogP contribution in [0.1, 0.15) is 5.56 Å². The van der Waals surface area contributed by atoms with Gasteiger partial charge in [-0.25, -0.2) is 5.26 Å². The number of rotatable bonds is 6. The predicted molar refractivity (Wildman–Crippen MR) is 85.6 cm³/mol. The molecule has 0 bridgehead atoms. The van der Waals surface area contributed by atoms with Crippen molar-refractivity contribution in [3.8, 4) is 5.75 Å². The molecule has 9 nitrogen and oxygen atoms in total. The highest BCUT2D eigenvalue weighted by atomic mass is 32.2. The summed E-state index contributed by atoms with van der Waals surface area (Å²) >= 11 is 0.679. The van der Waals surface area contributed by atoms with Gasteiger partial charge in [0.1, 0.15) is 5.69 Å². The molecule has 4 N–H and O–H groups in total. The number of hydrogen-bond acceptors (Lipinski definition) is 10. The molecule has 10 heteroatoms. The van der Waals surface area contributed by atoms with Crippen molar-refractivity contribution in [3.63, 3.8) is 0 Å². The van der Waals surface area contributed by atoms with Gasteiger partial charge in [0, 0.05) is 18.1 Å². The number of nitrogens with two attached hydrogens (primary N) is 1. The van der Waals surface area contributed by atoms with Crippen molar-refractivity contribution in [2.24, 2.45) is 20.5 Å². The van der Waals surface area contributed by atoms with E-state index in [1.807, 2.05) is 13.0 Å². The highest BCUT2D eigenvalue weighted by Crippen LogP contribution is 2.44. The molecule has 2 rings (SSSR count). The van der Waals surface area contributed by atoms with Gasteiger partial charge in [0.05, 0.1) is 16.9 Å². The van der Waals surface area contributed by atoms with Gasteiger partial charge in [-0.2, -0.15) is 15.3 Å². The monoisotopic (exact) mass is 337 g/mol. The van der Waals surface area contributed by atoms with E-state index in [0.29, 0.717) is 28.0 Å². The lowest BCUT2D eigenvalue weighted by Gasteiger charge is -2.10. The lowest BCUT2D eigenvalue weighted by Crippen LogP contribution is -1.90. The van der Waals surface area contributed by atoms with E-state index in [1.54, 1.807) is 12.1 Å². The van der Waals surface area contributed by atoms with Gasteiger partial charge in [-0.1, -0.05) is 5.04 Å². The lowest BCUT2D eigenvalue weighted by atomic mass is 10.0. The van der Waals surface area contributed by atoms with Crippen molar-refractivity contribution >= 4 is 34.2 Å². The van der Waals surface area contributed by atoms with E-state index >= 15 is 0 Å². The Hall–Kier alpha value is -2.27. The van der Waals surface area contributed by atoms with Crippen molar-refractivity contribution in [2.75, 3.05) is 19.5 Å². The molecule has 2 aromatic carbocycles. The van der Waals surface area contributed by atoms with Gasteiger partial charge in [0.25, 0.3) is 0 Å². The number of nitrogen functional groups attached to an aromatic ring is 1. The number of phenols is 1. The Balaban J connectivity index is 2.57. The number of benzene rings is 2. The zero-order valence-corrected chi connectivity index (χ0v) is 13.2. The van der Waals surface area contributed by atoms with Crippen LogP contribution in [-0.4, -0.2) is 24.1 Å². The second kappa shape index (κ2) is 7.83. The van der Waals surface area contributed by atoms with Gasteiger partial charge in [-0.3, -0.25) is 0 Å². The maximum absolute atomic E-state index is 10.5. The van der Waals surface area contributed by atoms with Crippen molar-refractivity contribution < 1.29 is 19.7 Å². The molecule has 0 aromatic heterocycles. The highest BCUT2D eigenvalue weighted by molar-refractivity contribution is 7.94. The summed E-state index contributed by atoms with van der Waals surface area (Å²) in [7, 11) is 1.52. The third-order valence-corrected chi connectivity index (χ3v) is 3.65. The molecule has 122 valence electrons. The van der Waals surface area contributed by atoms with Gasteiger partial charge in [-0.05, 0) is 36.1 Å². The molecule has 0 radical (unpaired) electrons. The summed E-state index contributed by atoms with van der Waals surface area (Å²) < 4.78 is 4.44. The molecule has 0 saturated carbocycles. The second-order valence-electron chi connectivity index (χ2n) is 4.45. The van der Waals surface area contributed by atoms with E-state index in [0.717, 1.165) is 10.9 Å². The molecule has 23 heavy (non-hydrogen) atoms. The average molecular weight is 337 g/mol. The topological polar surface area (TPSA) is 134 Å². The normalized spacial score (nSPS) is 12.0. The first kappa shape index (κ1) is 17.1.